The van der Waals surface area contributed by atoms with Crippen LogP contribution in [-0.4, -0.2) is 73.0 Å². The Kier molecular flexibility index (Phi) is 9.12. The maximum atomic E-state index is 2.34. The lowest BCUT2D eigenvalue weighted by atomic mass is 10.0. The van der Waals surface area contributed by atoms with Gasteiger partial charge in [0.15, 0.2) is 0 Å². The van der Waals surface area contributed by atoms with E-state index in [0.717, 1.165) is 0 Å². The van der Waals surface area contributed by atoms with Crippen molar-refractivity contribution < 1.29 is 0 Å². The molecule has 4 heteroatoms. The van der Waals surface area contributed by atoms with Crippen molar-refractivity contribution in [2.45, 2.75) is 50.4 Å². The summed E-state index contributed by atoms with van der Waals surface area (Å²) in [4.78, 5) is 7.01. The minimum absolute atomic E-state index is 0.0532. The predicted molar refractivity (Wildman–Crippen MR) is 86.2 cm³/mol. The summed E-state index contributed by atoms with van der Waals surface area (Å²) in [5.74, 6) is 0.0532. The molecule has 0 aromatic heterocycles. The molecule has 0 saturated heterocycles. The molecule has 0 N–H and O–H groups in total. The second-order valence-electron chi connectivity index (χ2n) is 5.98. The first kappa shape index (κ1) is 18.1. The van der Waals surface area contributed by atoms with Crippen LogP contribution < -0.4 is 0 Å². The lowest BCUT2D eigenvalue weighted by Crippen LogP contribution is -2.63. The largest absolute Gasteiger partial charge is 0.279 e. The van der Waals surface area contributed by atoms with Gasteiger partial charge in [0.2, 0.25) is 0 Å². The molecule has 110 valence electrons. The van der Waals surface area contributed by atoms with Gasteiger partial charge < -0.3 is 0 Å². The first-order valence-corrected chi connectivity index (χ1v) is 8.83. The van der Waals surface area contributed by atoms with E-state index in [1.165, 1.54) is 54.8 Å². The van der Waals surface area contributed by atoms with E-state index in [9.17, 15) is 0 Å². The number of unbranched alkanes of at least 4 members (excludes halogenated alkanes) is 4. The van der Waals surface area contributed by atoms with Crippen molar-refractivity contribution in [3.8, 4) is 0 Å². The van der Waals surface area contributed by atoms with Crippen LogP contribution in [0.15, 0.2) is 0 Å². The molecule has 0 aliphatic carbocycles. The second-order valence-corrected chi connectivity index (χ2v) is 6.98. The van der Waals surface area contributed by atoms with E-state index >= 15 is 0 Å². The fourth-order valence-electron chi connectivity index (χ4n) is 3.01. The molecule has 18 heavy (non-hydrogen) atoms. The van der Waals surface area contributed by atoms with Crippen LogP contribution in [0.25, 0.3) is 0 Å². The van der Waals surface area contributed by atoms with Crippen LogP contribution in [-0.2, 0) is 0 Å². The summed E-state index contributed by atoms with van der Waals surface area (Å²) in [7, 11) is 14.5. The van der Waals surface area contributed by atoms with Crippen molar-refractivity contribution in [1.82, 2.24) is 14.7 Å². The molecule has 0 rings (SSSR count). The van der Waals surface area contributed by atoms with E-state index in [1.807, 2.05) is 0 Å². The van der Waals surface area contributed by atoms with Gasteiger partial charge >= 0.3 is 0 Å². The molecular formula is C14H35N3Si. The molecule has 0 bridgehead atoms. The molecule has 0 saturated carbocycles. The van der Waals surface area contributed by atoms with Crippen LogP contribution in [0.1, 0.15) is 38.5 Å². The van der Waals surface area contributed by atoms with Crippen LogP contribution in [0.4, 0.5) is 0 Å². The van der Waals surface area contributed by atoms with Gasteiger partial charge in [0.05, 0.1) is 0 Å². The average molecular weight is 274 g/mol. The molecule has 0 amide bonds. The van der Waals surface area contributed by atoms with Gasteiger partial charge in [-0.15, -0.1) is 0 Å². The van der Waals surface area contributed by atoms with Crippen molar-refractivity contribution in [3.05, 3.63) is 0 Å². The Hall–Kier alpha value is 0.0969. The Balaban J connectivity index is 4.26. The Morgan fingerprint density at radius 3 is 1.44 bits per heavy atom. The molecule has 0 aliphatic rings. The third-order valence-electron chi connectivity index (χ3n) is 4.01. The number of hydrogen-bond acceptors (Lipinski definition) is 3. The zero-order chi connectivity index (χ0) is 14.2. The Morgan fingerprint density at radius 2 is 1.06 bits per heavy atom. The maximum Gasteiger partial charge on any atom is 0.129 e. The zero-order valence-electron chi connectivity index (χ0n) is 13.8. The summed E-state index contributed by atoms with van der Waals surface area (Å²) in [6.07, 6.45) is 8.19. The summed E-state index contributed by atoms with van der Waals surface area (Å²) < 4.78 is 0. The van der Waals surface area contributed by atoms with Gasteiger partial charge in [-0.25, -0.2) is 0 Å². The van der Waals surface area contributed by atoms with Gasteiger partial charge in [0, 0.05) is 10.2 Å². The number of rotatable bonds is 10. The van der Waals surface area contributed by atoms with E-state index in [0.29, 0.717) is 0 Å². The molecule has 0 fully saturated rings. The first-order valence-electron chi connectivity index (χ1n) is 7.41. The molecule has 0 atom stereocenters. The molecular weight excluding hydrogens is 238 g/mol. The SMILES string of the molecule is CN(C)C(CCCCCCC[SiH3])(N(C)C)N(C)C. The van der Waals surface area contributed by atoms with Crippen LogP contribution in [0.5, 0.6) is 0 Å². The topological polar surface area (TPSA) is 9.72 Å². The van der Waals surface area contributed by atoms with Gasteiger partial charge in [-0.2, -0.15) is 0 Å². The highest BCUT2D eigenvalue weighted by Gasteiger charge is 2.36. The number of nitrogens with zero attached hydrogens (tertiary/aromatic N) is 3. The molecule has 3 nitrogen and oxygen atoms in total. The molecule has 0 aromatic rings. The molecule has 0 aromatic carbocycles. The van der Waals surface area contributed by atoms with Crippen molar-refractivity contribution in [1.29, 1.82) is 0 Å². The van der Waals surface area contributed by atoms with Gasteiger partial charge in [0.1, 0.15) is 5.79 Å². The predicted octanol–water partition coefficient (Wildman–Crippen LogP) is 1.45. The molecule has 0 heterocycles. The zero-order valence-corrected chi connectivity index (χ0v) is 15.8. The Morgan fingerprint density at radius 1 is 0.667 bits per heavy atom. The van der Waals surface area contributed by atoms with E-state index in [4.69, 9.17) is 0 Å². The van der Waals surface area contributed by atoms with Crippen molar-refractivity contribution in [3.63, 3.8) is 0 Å². The van der Waals surface area contributed by atoms with Crippen molar-refractivity contribution in [2.75, 3.05) is 42.3 Å². The second kappa shape index (κ2) is 9.07. The Labute approximate surface area is 118 Å². The van der Waals surface area contributed by atoms with E-state index < -0.39 is 0 Å². The summed E-state index contributed by atoms with van der Waals surface area (Å²) >= 11 is 0. The van der Waals surface area contributed by atoms with E-state index in [-0.39, 0.29) is 5.79 Å². The van der Waals surface area contributed by atoms with E-state index in [2.05, 4.69) is 57.0 Å². The normalized spacial score (nSPS) is 13.2. The van der Waals surface area contributed by atoms with Crippen molar-refractivity contribution >= 4 is 10.2 Å². The smallest absolute Gasteiger partial charge is 0.129 e. The van der Waals surface area contributed by atoms with Crippen molar-refractivity contribution in [2.24, 2.45) is 0 Å². The van der Waals surface area contributed by atoms with Crippen LogP contribution in [0.3, 0.4) is 0 Å². The Bertz CT molecular complexity index is 183. The molecule has 0 radical (unpaired) electrons. The summed E-state index contributed by atoms with van der Waals surface area (Å²) in [5.41, 5.74) is 0. The van der Waals surface area contributed by atoms with Gasteiger partial charge in [0.25, 0.3) is 0 Å². The van der Waals surface area contributed by atoms with Gasteiger partial charge in [-0.05, 0) is 55.1 Å². The van der Waals surface area contributed by atoms with Crippen LogP contribution >= 0.6 is 0 Å². The fourth-order valence-corrected chi connectivity index (χ4v) is 3.51. The molecule has 0 aliphatic heterocycles. The van der Waals surface area contributed by atoms with Crippen LogP contribution in [0, 0.1) is 0 Å². The standard InChI is InChI=1S/C14H35N3Si/c1-15(2)14(16(3)4,17(5)6)12-10-8-7-9-11-13-18/h7-13H2,1-6,18H3. The quantitative estimate of drug-likeness (QED) is 0.339. The number of hydrogen-bond donors (Lipinski definition) is 0. The lowest BCUT2D eigenvalue weighted by molar-refractivity contribution is -0.115. The monoisotopic (exact) mass is 273 g/mol. The minimum Gasteiger partial charge on any atom is -0.279 e. The summed E-state index contributed by atoms with van der Waals surface area (Å²) in [6, 6.07) is 1.47. The highest BCUT2D eigenvalue weighted by atomic mass is 28.1. The highest BCUT2D eigenvalue weighted by Crippen LogP contribution is 2.25. The maximum absolute atomic E-state index is 2.34. The minimum atomic E-state index is 0.0532. The van der Waals surface area contributed by atoms with Gasteiger partial charge in [-0.3, -0.25) is 14.7 Å². The van der Waals surface area contributed by atoms with Crippen LogP contribution in [0.2, 0.25) is 6.04 Å². The third-order valence-corrected chi connectivity index (χ3v) is 4.72. The van der Waals surface area contributed by atoms with Gasteiger partial charge in [-0.1, -0.05) is 31.7 Å². The van der Waals surface area contributed by atoms with E-state index in [1.54, 1.807) is 0 Å². The summed E-state index contributed by atoms with van der Waals surface area (Å²) in [5, 5.41) is 0. The molecule has 0 unspecified atom stereocenters. The lowest BCUT2D eigenvalue weighted by Gasteiger charge is -2.50. The fraction of sp³-hybridized carbons (Fsp3) is 1.00. The first-order chi connectivity index (χ1) is 8.39. The average Bonchev–Trinajstić information content (AvgIpc) is 2.26. The molecule has 0 spiro atoms. The highest BCUT2D eigenvalue weighted by molar-refractivity contribution is 6.08. The summed E-state index contributed by atoms with van der Waals surface area (Å²) in [6.45, 7) is 0. The third kappa shape index (κ3) is 5.00.